The van der Waals surface area contributed by atoms with Crippen molar-refractivity contribution in [3.8, 4) is 0 Å². The van der Waals surface area contributed by atoms with Gasteiger partial charge in [0, 0.05) is 25.2 Å². The van der Waals surface area contributed by atoms with Crippen LogP contribution in [-0.4, -0.2) is 36.6 Å². The van der Waals surface area contributed by atoms with Crippen LogP contribution in [0.4, 0.5) is 0 Å². The summed E-state index contributed by atoms with van der Waals surface area (Å²) in [6.07, 6.45) is 16.0. The lowest BCUT2D eigenvalue weighted by molar-refractivity contribution is 0.0655. The molecule has 1 heterocycles. The van der Waals surface area contributed by atoms with Gasteiger partial charge in [-0.05, 0) is 50.5 Å². The monoisotopic (exact) mass is 292 g/mol. The Labute approximate surface area is 132 Å². The van der Waals surface area contributed by atoms with E-state index in [2.05, 4.69) is 17.1 Å². The third kappa shape index (κ3) is 4.45. The molecule has 3 aliphatic rings. The summed E-state index contributed by atoms with van der Waals surface area (Å²) in [5.74, 6) is 1.99. The van der Waals surface area contributed by atoms with Gasteiger partial charge < -0.3 is 5.32 Å². The van der Waals surface area contributed by atoms with E-state index in [0.717, 1.165) is 23.9 Å². The third-order valence-corrected chi connectivity index (χ3v) is 6.17. The van der Waals surface area contributed by atoms with Crippen molar-refractivity contribution in [2.45, 2.75) is 89.6 Å². The molecule has 0 bridgehead atoms. The molecule has 2 nitrogen and oxygen atoms in total. The van der Waals surface area contributed by atoms with Crippen molar-refractivity contribution in [3.05, 3.63) is 0 Å². The molecule has 1 aliphatic heterocycles. The van der Waals surface area contributed by atoms with E-state index in [4.69, 9.17) is 0 Å². The van der Waals surface area contributed by atoms with Crippen molar-refractivity contribution in [1.29, 1.82) is 0 Å². The number of piperazine rings is 1. The van der Waals surface area contributed by atoms with Gasteiger partial charge in [-0.25, -0.2) is 0 Å². The van der Waals surface area contributed by atoms with Crippen LogP contribution in [0.1, 0.15) is 77.6 Å². The van der Waals surface area contributed by atoms with Gasteiger partial charge in [0.2, 0.25) is 0 Å². The zero-order chi connectivity index (χ0) is 14.5. The first kappa shape index (κ1) is 15.8. The second-order valence-electron chi connectivity index (χ2n) is 7.87. The Balaban J connectivity index is 1.53. The van der Waals surface area contributed by atoms with E-state index in [1.165, 1.54) is 90.3 Å². The van der Waals surface area contributed by atoms with Crippen LogP contribution in [0.15, 0.2) is 0 Å². The molecule has 0 aromatic carbocycles. The van der Waals surface area contributed by atoms with Crippen LogP contribution >= 0.6 is 0 Å². The number of rotatable bonds is 7. The van der Waals surface area contributed by atoms with E-state index in [0.29, 0.717) is 0 Å². The van der Waals surface area contributed by atoms with Gasteiger partial charge in [0.05, 0.1) is 0 Å². The quantitative estimate of drug-likeness (QED) is 0.708. The lowest BCUT2D eigenvalue weighted by Gasteiger charge is -2.45. The second kappa shape index (κ2) is 7.97. The van der Waals surface area contributed by atoms with Gasteiger partial charge >= 0.3 is 0 Å². The van der Waals surface area contributed by atoms with Crippen molar-refractivity contribution in [1.82, 2.24) is 10.2 Å². The summed E-state index contributed by atoms with van der Waals surface area (Å²) in [5.41, 5.74) is 0. The number of nitrogens with zero attached hydrogens (tertiary/aromatic N) is 1. The molecule has 122 valence electrons. The normalized spacial score (nSPS) is 32.4. The fraction of sp³-hybridized carbons (Fsp3) is 1.00. The fourth-order valence-corrected chi connectivity index (χ4v) is 4.65. The summed E-state index contributed by atoms with van der Waals surface area (Å²) >= 11 is 0. The van der Waals surface area contributed by atoms with Gasteiger partial charge in [0.25, 0.3) is 0 Å². The molecule has 3 fully saturated rings. The molecule has 21 heavy (non-hydrogen) atoms. The Morgan fingerprint density at radius 3 is 2.43 bits per heavy atom. The highest BCUT2D eigenvalue weighted by Crippen LogP contribution is 2.36. The topological polar surface area (TPSA) is 15.3 Å². The van der Waals surface area contributed by atoms with Gasteiger partial charge in [-0.15, -0.1) is 0 Å². The lowest BCUT2D eigenvalue weighted by Crippen LogP contribution is -2.59. The average Bonchev–Trinajstić information content (AvgIpc) is 3.37. The largest absolute Gasteiger partial charge is 0.311 e. The highest BCUT2D eigenvalue weighted by Gasteiger charge is 2.39. The second-order valence-corrected chi connectivity index (χ2v) is 7.87. The Kier molecular flexibility index (Phi) is 5.99. The van der Waals surface area contributed by atoms with Crippen LogP contribution in [0.25, 0.3) is 0 Å². The van der Waals surface area contributed by atoms with E-state index >= 15 is 0 Å². The number of unbranched alkanes of at least 4 members (excludes halogenated alkanes) is 3. The number of hydrogen-bond donors (Lipinski definition) is 1. The SMILES string of the molecule is CCCCCCN1CC(C2CC2)NCC1C1CCCCC1. The van der Waals surface area contributed by atoms with E-state index < -0.39 is 0 Å². The van der Waals surface area contributed by atoms with Crippen LogP contribution in [0, 0.1) is 11.8 Å². The zero-order valence-electron chi connectivity index (χ0n) is 14.2. The predicted octanol–water partition coefficient (Wildman–Crippen LogP) is 4.20. The third-order valence-electron chi connectivity index (χ3n) is 6.17. The first-order chi connectivity index (χ1) is 10.4. The molecule has 0 aromatic heterocycles. The van der Waals surface area contributed by atoms with Gasteiger partial charge in [-0.2, -0.15) is 0 Å². The molecule has 3 rings (SSSR count). The highest BCUT2D eigenvalue weighted by atomic mass is 15.2. The van der Waals surface area contributed by atoms with Crippen LogP contribution in [0.3, 0.4) is 0 Å². The van der Waals surface area contributed by atoms with Crippen molar-refractivity contribution < 1.29 is 0 Å². The highest BCUT2D eigenvalue weighted by molar-refractivity contribution is 4.96. The first-order valence-corrected chi connectivity index (χ1v) is 9.86. The van der Waals surface area contributed by atoms with Crippen molar-refractivity contribution in [2.24, 2.45) is 11.8 Å². The van der Waals surface area contributed by atoms with Crippen molar-refractivity contribution in [3.63, 3.8) is 0 Å². The minimum Gasteiger partial charge on any atom is -0.311 e. The van der Waals surface area contributed by atoms with Gasteiger partial charge in [-0.1, -0.05) is 45.4 Å². The molecule has 2 saturated carbocycles. The number of hydrogen-bond acceptors (Lipinski definition) is 2. The molecule has 1 N–H and O–H groups in total. The molecule has 0 amide bonds. The zero-order valence-corrected chi connectivity index (χ0v) is 14.2. The van der Waals surface area contributed by atoms with Crippen LogP contribution in [-0.2, 0) is 0 Å². The lowest BCUT2D eigenvalue weighted by atomic mass is 9.82. The van der Waals surface area contributed by atoms with Gasteiger partial charge in [-0.3, -0.25) is 4.90 Å². The number of nitrogens with one attached hydrogen (secondary N) is 1. The average molecular weight is 293 g/mol. The molecular formula is C19H36N2. The molecule has 0 spiro atoms. The maximum Gasteiger partial charge on any atom is 0.0249 e. The Morgan fingerprint density at radius 1 is 0.905 bits per heavy atom. The van der Waals surface area contributed by atoms with Gasteiger partial charge in [0.15, 0.2) is 0 Å². The smallest absolute Gasteiger partial charge is 0.0249 e. The van der Waals surface area contributed by atoms with E-state index in [1.54, 1.807) is 0 Å². The Hall–Kier alpha value is -0.0800. The van der Waals surface area contributed by atoms with E-state index in [9.17, 15) is 0 Å². The summed E-state index contributed by atoms with van der Waals surface area (Å²) in [5, 5.41) is 3.92. The molecule has 0 aromatic rings. The Bertz CT molecular complexity index is 294. The maximum absolute atomic E-state index is 3.92. The Morgan fingerprint density at radius 2 is 1.71 bits per heavy atom. The predicted molar refractivity (Wildman–Crippen MR) is 90.6 cm³/mol. The minimum absolute atomic E-state index is 0.816. The molecule has 0 radical (unpaired) electrons. The fourth-order valence-electron chi connectivity index (χ4n) is 4.65. The molecular weight excluding hydrogens is 256 g/mol. The summed E-state index contributed by atoms with van der Waals surface area (Å²) < 4.78 is 0. The minimum atomic E-state index is 0.816. The first-order valence-electron chi connectivity index (χ1n) is 9.86. The molecule has 2 unspecified atom stereocenters. The summed E-state index contributed by atoms with van der Waals surface area (Å²) in [6.45, 7) is 6.31. The molecule has 2 heteroatoms. The van der Waals surface area contributed by atoms with E-state index in [1.807, 2.05) is 0 Å². The van der Waals surface area contributed by atoms with Crippen molar-refractivity contribution >= 4 is 0 Å². The standard InChI is InChI=1S/C19H36N2/c1-2-3-4-8-13-21-15-18(16-11-12-16)20-14-19(21)17-9-6-5-7-10-17/h16-20H,2-15H2,1H3. The molecule has 2 aliphatic carbocycles. The van der Waals surface area contributed by atoms with Crippen molar-refractivity contribution in [2.75, 3.05) is 19.6 Å². The van der Waals surface area contributed by atoms with E-state index in [-0.39, 0.29) is 0 Å². The summed E-state index contributed by atoms with van der Waals surface area (Å²) in [6, 6.07) is 1.66. The van der Waals surface area contributed by atoms with Gasteiger partial charge in [0.1, 0.15) is 0 Å². The van der Waals surface area contributed by atoms with Crippen LogP contribution in [0.5, 0.6) is 0 Å². The van der Waals surface area contributed by atoms with Crippen LogP contribution in [0.2, 0.25) is 0 Å². The molecule has 2 atom stereocenters. The maximum atomic E-state index is 3.92. The molecule has 1 saturated heterocycles. The summed E-state index contributed by atoms with van der Waals surface area (Å²) in [4.78, 5) is 2.91. The van der Waals surface area contributed by atoms with Crippen LogP contribution < -0.4 is 5.32 Å². The summed E-state index contributed by atoms with van der Waals surface area (Å²) in [7, 11) is 0.